The number of anilines is 1. The first-order valence-electron chi connectivity index (χ1n) is 11.0. The maximum Gasteiger partial charge on any atom is 0.407 e. The minimum Gasteiger partial charge on any atom is -0.444 e. The van der Waals surface area contributed by atoms with Gasteiger partial charge in [0.2, 0.25) is 15.7 Å². The van der Waals surface area contributed by atoms with E-state index in [0.29, 0.717) is 29.9 Å². The van der Waals surface area contributed by atoms with E-state index >= 15 is 0 Å². The highest BCUT2D eigenvalue weighted by molar-refractivity contribution is 7.91. The van der Waals surface area contributed by atoms with Crippen LogP contribution in [-0.2, 0) is 38.8 Å². The van der Waals surface area contributed by atoms with E-state index in [2.05, 4.69) is 15.7 Å². The van der Waals surface area contributed by atoms with E-state index in [1.165, 1.54) is 19.1 Å². The minimum absolute atomic E-state index is 0.0811. The number of aromatic nitrogens is 2. The fourth-order valence-electron chi connectivity index (χ4n) is 3.45. The molecule has 0 saturated heterocycles. The first-order chi connectivity index (χ1) is 15.3. The number of nitrogens with zero attached hydrogens (tertiary/aromatic N) is 2. The van der Waals surface area contributed by atoms with Crippen LogP contribution in [0.4, 0.5) is 10.5 Å². The van der Waals surface area contributed by atoms with Gasteiger partial charge in [0.1, 0.15) is 10.5 Å². The van der Waals surface area contributed by atoms with Crippen molar-refractivity contribution in [3.05, 3.63) is 35.7 Å². The smallest absolute Gasteiger partial charge is 0.407 e. The molecular weight excluding hydrogens is 444 g/mol. The second kappa shape index (κ2) is 10.4. The molecule has 10 heteroatoms. The third kappa shape index (κ3) is 6.80. The lowest BCUT2D eigenvalue weighted by Gasteiger charge is -2.22. The lowest BCUT2D eigenvalue weighted by Crippen LogP contribution is -2.40. The number of nitrogens with one attached hydrogen (secondary N) is 2. The molecule has 2 amide bonds. The van der Waals surface area contributed by atoms with Crippen molar-refractivity contribution in [2.45, 2.75) is 89.3 Å². The monoisotopic (exact) mass is 478 g/mol. The quantitative estimate of drug-likeness (QED) is 0.597. The van der Waals surface area contributed by atoms with Gasteiger partial charge in [-0.2, -0.15) is 5.10 Å². The molecule has 0 bridgehead atoms. The van der Waals surface area contributed by atoms with Crippen LogP contribution in [0.15, 0.2) is 34.1 Å². The lowest BCUT2D eigenvalue weighted by molar-refractivity contribution is -0.114. The number of amides is 2. The Morgan fingerprint density at radius 3 is 2.39 bits per heavy atom. The molecule has 33 heavy (non-hydrogen) atoms. The molecule has 1 heterocycles. The average Bonchev–Trinajstić information content (AvgIpc) is 3.03. The van der Waals surface area contributed by atoms with Crippen molar-refractivity contribution >= 4 is 27.5 Å². The SMILES string of the molecule is CCc1nn(C[C@H](C)NC(=O)OC(C)(C)C)c(CC)c1S(=O)(=O)c1cccc(NC(C)=O)c1. The molecule has 2 rings (SSSR count). The third-order valence-electron chi connectivity index (χ3n) is 4.69. The Morgan fingerprint density at radius 1 is 1.18 bits per heavy atom. The average molecular weight is 479 g/mol. The zero-order chi connectivity index (χ0) is 25.0. The summed E-state index contributed by atoms with van der Waals surface area (Å²) >= 11 is 0. The summed E-state index contributed by atoms with van der Waals surface area (Å²) in [6.45, 7) is 12.5. The summed E-state index contributed by atoms with van der Waals surface area (Å²) in [5, 5.41) is 9.94. The summed E-state index contributed by atoms with van der Waals surface area (Å²) in [5.41, 5.74) is 0.810. The highest BCUT2D eigenvalue weighted by Gasteiger charge is 2.30. The number of hydrogen-bond acceptors (Lipinski definition) is 6. The molecular formula is C23H34N4O5S. The summed E-state index contributed by atoms with van der Waals surface area (Å²) in [6, 6.07) is 5.83. The van der Waals surface area contributed by atoms with Crippen LogP contribution in [0.1, 0.15) is 59.9 Å². The molecule has 0 unspecified atom stereocenters. The van der Waals surface area contributed by atoms with E-state index in [1.54, 1.807) is 37.6 Å². The van der Waals surface area contributed by atoms with Crippen molar-refractivity contribution in [1.29, 1.82) is 0 Å². The zero-order valence-corrected chi connectivity index (χ0v) is 21.2. The van der Waals surface area contributed by atoms with Crippen LogP contribution in [0.3, 0.4) is 0 Å². The predicted octanol–water partition coefficient (Wildman–Crippen LogP) is 3.71. The van der Waals surface area contributed by atoms with E-state index in [1.807, 2.05) is 20.8 Å². The largest absolute Gasteiger partial charge is 0.444 e. The number of rotatable bonds is 8. The van der Waals surface area contributed by atoms with Gasteiger partial charge in [0, 0.05) is 18.7 Å². The minimum atomic E-state index is -3.89. The maximum absolute atomic E-state index is 13.6. The number of sulfone groups is 1. The van der Waals surface area contributed by atoms with Gasteiger partial charge in [-0.15, -0.1) is 0 Å². The van der Waals surface area contributed by atoms with Crippen LogP contribution in [0.2, 0.25) is 0 Å². The van der Waals surface area contributed by atoms with Gasteiger partial charge in [-0.25, -0.2) is 13.2 Å². The number of carbonyl (C=O) groups is 2. The molecule has 9 nitrogen and oxygen atoms in total. The number of ether oxygens (including phenoxy) is 1. The Morgan fingerprint density at radius 2 is 1.85 bits per heavy atom. The summed E-state index contributed by atoms with van der Waals surface area (Å²) in [6.07, 6.45) is 0.318. The normalized spacial score (nSPS) is 12.8. The molecule has 1 aromatic carbocycles. The molecule has 0 aliphatic carbocycles. The standard InChI is InChI=1S/C23H34N4O5S/c1-8-19-21(33(30,31)18-12-10-11-17(13-18)25-16(4)28)20(9-2)27(26-19)14-15(3)24-22(29)32-23(5,6)7/h10-13,15H,8-9,14H2,1-7H3,(H,24,29)(H,25,28)/t15-/m0/s1. The van der Waals surface area contributed by atoms with Crippen LogP contribution in [0, 0.1) is 0 Å². The molecule has 0 spiro atoms. The third-order valence-corrected chi connectivity index (χ3v) is 6.57. The number of alkyl carbamates (subject to hydrolysis) is 1. The van der Waals surface area contributed by atoms with E-state index < -0.39 is 21.5 Å². The fraction of sp³-hybridized carbons (Fsp3) is 0.522. The molecule has 182 valence electrons. The van der Waals surface area contributed by atoms with Crippen LogP contribution >= 0.6 is 0 Å². The first kappa shape index (κ1) is 26.4. The summed E-state index contributed by atoms with van der Waals surface area (Å²) in [4.78, 5) is 23.8. The van der Waals surface area contributed by atoms with Gasteiger partial charge in [0.05, 0.1) is 22.8 Å². The van der Waals surface area contributed by atoms with Gasteiger partial charge in [0.15, 0.2) is 0 Å². The van der Waals surface area contributed by atoms with Gasteiger partial charge >= 0.3 is 6.09 Å². The Balaban J connectivity index is 2.41. The Kier molecular flexibility index (Phi) is 8.29. The van der Waals surface area contributed by atoms with Crippen molar-refractivity contribution in [1.82, 2.24) is 15.1 Å². The number of benzene rings is 1. The number of carbonyl (C=O) groups excluding carboxylic acids is 2. The Labute approximate surface area is 195 Å². The van der Waals surface area contributed by atoms with Crippen LogP contribution < -0.4 is 10.6 Å². The van der Waals surface area contributed by atoms with Crippen molar-refractivity contribution in [3.63, 3.8) is 0 Å². The van der Waals surface area contributed by atoms with E-state index in [-0.39, 0.29) is 28.3 Å². The summed E-state index contributed by atoms with van der Waals surface area (Å²) in [5.74, 6) is -0.285. The van der Waals surface area contributed by atoms with Crippen LogP contribution in [0.5, 0.6) is 0 Å². The van der Waals surface area contributed by atoms with Gasteiger partial charge in [-0.1, -0.05) is 19.9 Å². The van der Waals surface area contributed by atoms with Crippen molar-refractivity contribution in [3.8, 4) is 0 Å². The summed E-state index contributed by atoms with van der Waals surface area (Å²) in [7, 11) is -3.89. The Hall–Kier alpha value is -2.88. The highest BCUT2D eigenvalue weighted by atomic mass is 32.2. The molecule has 0 radical (unpaired) electrons. The number of aryl methyl sites for hydroxylation is 1. The van der Waals surface area contributed by atoms with E-state index in [4.69, 9.17) is 4.74 Å². The van der Waals surface area contributed by atoms with Crippen molar-refractivity contribution in [2.24, 2.45) is 0 Å². The molecule has 1 aromatic heterocycles. The Bertz CT molecular complexity index is 1120. The molecule has 0 aliphatic heterocycles. The van der Waals surface area contributed by atoms with Crippen LogP contribution in [-0.4, -0.2) is 41.8 Å². The first-order valence-corrected chi connectivity index (χ1v) is 12.5. The molecule has 1 atom stereocenters. The summed E-state index contributed by atoms with van der Waals surface area (Å²) < 4.78 is 34.2. The van der Waals surface area contributed by atoms with E-state index in [9.17, 15) is 18.0 Å². The molecule has 2 N–H and O–H groups in total. The van der Waals surface area contributed by atoms with Crippen LogP contribution in [0.25, 0.3) is 0 Å². The highest BCUT2D eigenvalue weighted by Crippen LogP contribution is 2.30. The number of hydrogen-bond donors (Lipinski definition) is 2. The van der Waals surface area contributed by atoms with Gasteiger partial charge in [-0.05, 0) is 58.7 Å². The lowest BCUT2D eigenvalue weighted by atomic mass is 10.2. The fourth-order valence-corrected chi connectivity index (χ4v) is 5.28. The van der Waals surface area contributed by atoms with E-state index in [0.717, 1.165) is 0 Å². The second-order valence-corrected chi connectivity index (χ2v) is 10.8. The van der Waals surface area contributed by atoms with Crippen molar-refractivity contribution in [2.75, 3.05) is 5.32 Å². The molecule has 0 saturated carbocycles. The molecule has 0 fully saturated rings. The maximum atomic E-state index is 13.6. The zero-order valence-electron chi connectivity index (χ0n) is 20.4. The second-order valence-electron chi connectivity index (χ2n) is 8.87. The predicted molar refractivity (Wildman–Crippen MR) is 126 cm³/mol. The molecule has 0 aliphatic rings. The van der Waals surface area contributed by atoms with Gasteiger partial charge in [0.25, 0.3) is 0 Å². The van der Waals surface area contributed by atoms with Gasteiger partial charge in [-0.3, -0.25) is 9.48 Å². The topological polar surface area (TPSA) is 119 Å². The van der Waals surface area contributed by atoms with Crippen molar-refractivity contribution < 1.29 is 22.7 Å². The van der Waals surface area contributed by atoms with Gasteiger partial charge < -0.3 is 15.4 Å². The molecule has 2 aromatic rings.